The van der Waals surface area contributed by atoms with Gasteiger partial charge in [-0.15, -0.1) is 0 Å². The second-order valence-electron chi connectivity index (χ2n) is 3.77. The maximum Gasteiger partial charge on any atom is 0.315 e. The SMILES string of the molecule is CC(=O)CNC(=O)NCCN1CCOCC1. The van der Waals surface area contributed by atoms with E-state index in [1.54, 1.807) is 0 Å². The highest BCUT2D eigenvalue weighted by Crippen LogP contribution is 1.94. The molecule has 1 rings (SSSR count). The minimum Gasteiger partial charge on any atom is -0.379 e. The molecular weight excluding hydrogens is 210 g/mol. The molecule has 0 bridgehead atoms. The summed E-state index contributed by atoms with van der Waals surface area (Å²) in [5.41, 5.74) is 0. The molecule has 6 heteroatoms. The van der Waals surface area contributed by atoms with E-state index >= 15 is 0 Å². The summed E-state index contributed by atoms with van der Waals surface area (Å²) in [5, 5.41) is 5.18. The number of amides is 2. The Balaban J connectivity index is 2.01. The van der Waals surface area contributed by atoms with E-state index in [0.717, 1.165) is 32.8 Å². The first-order valence-corrected chi connectivity index (χ1v) is 5.49. The molecule has 92 valence electrons. The third-order valence-corrected chi connectivity index (χ3v) is 2.32. The molecule has 1 saturated heterocycles. The molecule has 0 radical (unpaired) electrons. The van der Waals surface area contributed by atoms with Crippen LogP contribution in [0.4, 0.5) is 4.79 Å². The molecule has 0 aromatic rings. The van der Waals surface area contributed by atoms with Crippen LogP contribution in [0.25, 0.3) is 0 Å². The molecule has 0 aromatic heterocycles. The molecular formula is C10H19N3O3. The van der Waals surface area contributed by atoms with Gasteiger partial charge in [0.25, 0.3) is 0 Å². The van der Waals surface area contributed by atoms with Crippen LogP contribution in [0.5, 0.6) is 0 Å². The van der Waals surface area contributed by atoms with Crippen molar-refractivity contribution in [1.82, 2.24) is 15.5 Å². The molecule has 2 N–H and O–H groups in total. The lowest BCUT2D eigenvalue weighted by atomic mass is 10.4. The topological polar surface area (TPSA) is 70.7 Å². The highest BCUT2D eigenvalue weighted by Gasteiger charge is 2.09. The number of Topliss-reactive ketones (excluding diaryl/α,β-unsaturated/α-hetero) is 1. The monoisotopic (exact) mass is 229 g/mol. The number of carbonyl (C=O) groups is 2. The quantitative estimate of drug-likeness (QED) is 0.648. The largest absolute Gasteiger partial charge is 0.379 e. The van der Waals surface area contributed by atoms with Gasteiger partial charge in [0.1, 0.15) is 5.78 Å². The molecule has 16 heavy (non-hydrogen) atoms. The predicted octanol–water partition coefficient (Wildman–Crippen LogP) is -0.793. The van der Waals surface area contributed by atoms with Gasteiger partial charge in [-0.3, -0.25) is 9.69 Å². The van der Waals surface area contributed by atoms with E-state index in [0.29, 0.717) is 6.54 Å². The smallest absolute Gasteiger partial charge is 0.315 e. The second-order valence-corrected chi connectivity index (χ2v) is 3.77. The standard InChI is InChI=1S/C10H19N3O3/c1-9(14)8-12-10(15)11-2-3-13-4-6-16-7-5-13/h2-8H2,1H3,(H2,11,12,15). The molecule has 1 heterocycles. The van der Waals surface area contributed by atoms with Gasteiger partial charge in [0.15, 0.2) is 0 Å². The van der Waals surface area contributed by atoms with Gasteiger partial charge in [-0.25, -0.2) is 4.79 Å². The van der Waals surface area contributed by atoms with Crippen molar-refractivity contribution in [2.45, 2.75) is 6.92 Å². The van der Waals surface area contributed by atoms with E-state index in [4.69, 9.17) is 4.74 Å². The lowest BCUT2D eigenvalue weighted by molar-refractivity contribution is -0.116. The highest BCUT2D eigenvalue weighted by atomic mass is 16.5. The Kier molecular flexibility index (Phi) is 5.81. The first-order chi connectivity index (χ1) is 7.68. The van der Waals surface area contributed by atoms with Crippen LogP contribution < -0.4 is 10.6 Å². The lowest BCUT2D eigenvalue weighted by Gasteiger charge is -2.26. The number of nitrogens with zero attached hydrogens (tertiary/aromatic N) is 1. The van der Waals surface area contributed by atoms with Crippen molar-refractivity contribution in [3.05, 3.63) is 0 Å². The molecule has 6 nitrogen and oxygen atoms in total. The van der Waals surface area contributed by atoms with Crippen molar-refractivity contribution in [2.75, 3.05) is 45.9 Å². The third-order valence-electron chi connectivity index (χ3n) is 2.32. The predicted molar refractivity (Wildman–Crippen MR) is 59.3 cm³/mol. The Morgan fingerprint density at radius 3 is 2.56 bits per heavy atom. The third kappa shape index (κ3) is 5.67. The van der Waals surface area contributed by atoms with Crippen molar-refractivity contribution in [3.8, 4) is 0 Å². The fraction of sp³-hybridized carbons (Fsp3) is 0.800. The van der Waals surface area contributed by atoms with Gasteiger partial charge in [-0.1, -0.05) is 0 Å². The van der Waals surface area contributed by atoms with Gasteiger partial charge in [-0.2, -0.15) is 0 Å². The molecule has 1 aliphatic rings. The van der Waals surface area contributed by atoms with Gasteiger partial charge in [-0.05, 0) is 6.92 Å². The van der Waals surface area contributed by atoms with Crippen LogP contribution in [0.15, 0.2) is 0 Å². The van der Waals surface area contributed by atoms with E-state index in [1.165, 1.54) is 6.92 Å². The van der Waals surface area contributed by atoms with E-state index in [2.05, 4.69) is 15.5 Å². The number of rotatable bonds is 5. The van der Waals surface area contributed by atoms with E-state index in [9.17, 15) is 9.59 Å². The number of ketones is 1. The summed E-state index contributed by atoms with van der Waals surface area (Å²) in [4.78, 5) is 24.0. The van der Waals surface area contributed by atoms with Crippen LogP contribution in [0.1, 0.15) is 6.92 Å². The van der Waals surface area contributed by atoms with Crippen LogP contribution in [-0.4, -0.2) is 62.7 Å². The maximum absolute atomic E-state index is 11.2. The molecule has 1 aliphatic heterocycles. The molecule has 0 aliphatic carbocycles. The molecule has 0 spiro atoms. The fourth-order valence-corrected chi connectivity index (χ4v) is 1.42. The van der Waals surface area contributed by atoms with Gasteiger partial charge >= 0.3 is 6.03 Å². The number of morpholine rings is 1. The van der Waals surface area contributed by atoms with Gasteiger partial charge in [0.05, 0.1) is 19.8 Å². The zero-order valence-corrected chi connectivity index (χ0v) is 9.62. The Morgan fingerprint density at radius 1 is 1.25 bits per heavy atom. The number of carbonyl (C=O) groups excluding carboxylic acids is 2. The molecule has 0 aromatic carbocycles. The number of ether oxygens (including phenoxy) is 1. The number of hydrogen-bond acceptors (Lipinski definition) is 4. The summed E-state index contributed by atoms with van der Waals surface area (Å²) in [6.45, 7) is 6.28. The highest BCUT2D eigenvalue weighted by molar-refractivity contribution is 5.83. The van der Waals surface area contributed by atoms with E-state index < -0.39 is 0 Å². The number of urea groups is 1. The van der Waals surface area contributed by atoms with Crippen molar-refractivity contribution in [3.63, 3.8) is 0 Å². The molecule has 0 unspecified atom stereocenters. The lowest BCUT2D eigenvalue weighted by Crippen LogP contribution is -2.44. The minimum atomic E-state index is -0.288. The summed E-state index contributed by atoms with van der Waals surface area (Å²) in [7, 11) is 0. The summed E-state index contributed by atoms with van der Waals surface area (Å²) in [6.07, 6.45) is 0. The number of nitrogens with one attached hydrogen (secondary N) is 2. The van der Waals surface area contributed by atoms with Crippen molar-refractivity contribution in [1.29, 1.82) is 0 Å². The summed E-state index contributed by atoms with van der Waals surface area (Å²) >= 11 is 0. The summed E-state index contributed by atoms with van der Waals surface area (Å²) < 4.78 is 5.21. The van der Waals surface area contributed by atoms with Crippen molar-refractivity contribution < 1.29 is 14.3 Å². The van der Waals surface area contributed by atoms with Crippen molar-refractivity contribution >= 4 is 11.8 Å². The average Bonchev–Trinajstić information content (AvgIpc) is 2.28. The van der Waals surface area contributed by atoms with Gasteiger partial charge in [0, 0.05) is 26.2 Å². The molecule has 0 saturated carbocycles. The average molecular weight is 229 g/mol. The molecule has 2 amide bonds. The van der Waals surface area contributed by atoms with Gasteiger partial charge in [0.2, 0.25) is 0 Å². The van der Waals surface area contributed by atoms with Gasteiger partial charge < -0.3 is 15.4 Å². The Morgan fingerprint density at radius 2 is 1.94 bits per heavy atom. The molecule has 1 fully saturated rings. The van der Waals surface area contributed by atoms with Crippen LogP contribution in [0.3, 0.4) is 0 Å². The molecule has 0 atom stereocenters. The minimum absolute atomic E-state index is 0.0525. The summed E-state index contributed by atoms with van der Waals surface area (Å²) in [6, 6.07) is -0.288. The zero-order valence-electron chi connectivity index (χ0n) is 9.62. The van der Waals surface area contributed by atoms with Crippen LogP contribution in [0, 0.1) is 0 Å². The zero-order chi connectivity index (χ0) is 11.8. The maximum atomic E-state index is 11.2. The normalized spacial score (nSPS) is 16.8. The summed E-state index contributed by atoms with van der Waals surface area (Å²) in [5.74, 6) is -0.0525. The first kappa shape index (κ1) is 12.9. The van der Waals surface area contributed by atoms with E-state index in [-0.39, 0.29) is 18.4 Å². The number of hydrogen-bond donors (Lipinski definition) is 2. The Bertz CT molecular complexity index is 239. The Hall–Kier alpha value is -1.14. The first-order valence-electron chi connectivity index (χ1n) is 5.49. The van der Waals surface area contributed by atoms with Crippen LogP contribution in [-0.2, 0) is 9.53 Å². The van der Waals surface area contributed by atoms with Crippen LogP contribution >= 0.6 is 0 Å². The van der Waals surface area contributed by atoms with Crippen LogP contribution in [0.2, 0.25) is 0 Å². The Labute approximate surface area is 95.3 Å². The second kappa shape index (κ2) is 7.19. The van der Waals surface area contributed by atoms with Crippen molar-refractivity contribution in [2.24, 2.45) is 0 Å². The van der Waals surface area contributed by atoms with E-state index in [1.807, 2.05) is 0 Å². The fourth-order valence-electron chi connectivity index (χ4n) is 1.42.